The zero-order valence-electron chi connectivity index (χ0n) is 13.1. The largest absolute Gasteiger partial charge is 0.481 e. The summed E-state index contributed by atoms with van der Waals surface area (Å²) < 4.78 is 0. The summed E-state index contributed by atoms with van der Waals surface area (Å²) in [6, 6.07) is -0.122. The number of nitrogens with one attached hydrogen (secondary N) is 1. The van der Waals surface area contributed by atoms with E-state index in [1.807, 2.05) is 13.8 Å². The van der Waals surface area contributed by atoms with Crippen LogP contribution in [-0.4, -0.2) is 41.6 Å². The van der Waals surface area contributed by atoms with Gasteiger partial charge < -0.3 is 15.3 Å². The number of urea groups is 1. The van der Waals surface area contributed by atoms with Crippen LogP contribution in [0, 0.1) is 23.7 Å². The van der Waals surface area contributed by atoms with Gasteiger partial charge in [0.2, 0.25) is 0 Å². The molecule has 0 aromatic rings. The Balaban J connectivity index is 2.40. The quantitative estimate of drug-likeness (QED) is 0.787. The Morgan fingerprint density at radius 1 is 1.30 bits per heavy atom. The van der Waals surface area contributed by atoms with Crippen molar-refractivity contribution in [2.75, 3.05) is 19.6 Å². The molecule has 0 aliphatic carbocycles. The van der Waals surface area contributed by atoms with E-state index in [0.29, 0.717) is 24.2 Å². The highest BCUT2D eigenvalue weighted by Gasteiger charge is 2.28. The minimum absolute atomic E-state index is 0.122. The minimum atomic E-state index is -0.833. The number of rotatable bonds is 6. The number of carboxylic acids is 1. The molecule has 0 radical (unpaired) electrons. The van der Waals surface area contributed by atoms with Crippen molar-refractivity contribution in [1.82, 2.24) is 10.2 Å². The van der Waals surface area contributed by atoms with E-state index >= 15 is 0 Å². The molecular weight excluding hydrogens is 256 g/mol. The van der Waals surface area contributed by atoms with Crippen LogP contribution < -0.4 is 5.32 Å². The van der Waals surface area contributed by atoms with Crippen molar-refractivity contribution in [3.63, 3.8) is 0 Å². The second-order valence-electron chi connectivity index (χ2n) is 6.59. The maximum absolute atomic E-state index is 12.0. The molecular formula is C15H28N2O3. The molecule has 0 aromatic heterocycles. The smallest absolute Gasteiger partial charge is 0.317 e. The Hall–Kier alpha value is -1.26. The lowest BCUT2D eigenvalue weighted by atomic mass is 9.95. The van der Waals surface area contributed by atoms with Gasteiger partial charge in [-0.2, -0.15) is 0 Å². The number of nitrogens with zero attached hydrogens (tertiary/aromatic N) is 1. The van der Waals surface area contributed by atoms with Crippen LogP contribution in [-0.2, 0) is 4.79 Å². The maximum Gasteiger partial charge on any atom is 0.317 e. The van der Waals surface area contributed by atoms with E-state index in [1.54, 1.807) is 4.90 Å². The summed E-state index contributed by atoms with van der Waals surface area (Å²) in [6.07, 6.45) is 1.63. The van der Waals surface area contributed by atoms with E-state index in [4.69, 9.17) is 5.11 Å². The van der Waals surface area contributed by atoms with E-state index in [9.17, 15) is 9.59 Å². The Bertz CT molecular complexity index is 342. The third-order valence-electron chi connectivity index (χ3n) is 4.06. The van der Waals surface area contributed by atoms with Gasteiger partial charge in [-0.05, 0) is 30.6 Å². The predicted molar refractivity (Wildman–Crippen MR) is 78.5 cm³/mol. The highest BCUT2D eigenvalue weighted by atomic mass is 16.4. The van der Waals surface area contributed by atoms with Crippen LogP contribution in [0.5, 0.6) is 0 Å². The summed E-state index contributed by atoms with van der Waals surface area (Å²) in [5.41, 5.74) is 0. The molecule has 1 rings (SSSR count). The van der Waals surface area contributed by atoms with Crippen molar-refractivity contribution in [1.29, 1.82) is 0 Å². The van der Waals surface area contributed by atoms with E-state index in [2.05, 4.69) is 19.2 Å². The molecule has 0 saturated carbocycles. The second kappa shape index (κ2) is 7.50. The lowest BCUT2D eigenvalue weighted by Gasteiger charge is -2.21. The lowest BCUT2D eigenvalue weighted by Crippen LogP contribution is -2.42. The third-order valence-corrected chi connectivity index (χ3v) is 4.06. The molecule has 2 amide bonds. The van der Waals surface area contributed by atoms with Crippen LogP contribution in [0.2, 0.25) is 0 Å². The van der Waals surface area contributed by atoms with Crippen molar-refractivity contribution >= 4 is 12.0 Å². The summed E-state index contributed by atoms with van der Waals surface area (Å²) in [7, 11) is 0. The van der Waals surface area contributed by atoms with Crippen molar-refractivity contribution in [3.05, 3.63) is 0 Å². The third kappa shape index (κ3) is 5.02. The zero-order valence-corrected chi connectivity index (χ0v) is 13.1. The van der Waals surface area contributed by atoms with Gasteiger partial charge in [0.1, 0.15) is 0 Å². The van der Waals surface area contributed by atoms with Crippen LogP contribution in [0.1, 0.15) is 40.5 Å². The van der Waals surface area contributed by atoms with E-state index in [-0.39, 0.29) is 12.6 Å². The number of hydrogen-bond acceptors (Lipinski definition) is 2. The average Bonchev–Trinajstić information content (AvgIpc) is 2.82. The van der Waals surface area contributed by atoms with Crippen LogP contribution in [0.15, 0.2) is 0 Å². The first kappa shape index (κ1) is 16.8. The lowest BCUT2D eigenvalue weighted by molar-refractivity contribution is -0.142. The summed E-state index contributed by atoms with van der Waals surface area (Å²) in [5, 5.41) is 11.9. The molecule has 1 aliphatic heterocycles. The number of aliphatic carboxylic acids is 1. The molecule has 1 aliphatic rings. The average molecular weight is 284 g/mol. The number of hydrogen-bond donors (Lipinski definition) is 2. The van der Waals surface area contributed by atoms with Gasteiger partial charge in [-0.1, -0.05) is 27.7 Å². The monoisotopic (exact) mass is 284 g/mol. The van der Waals surface area contributed by atoms with E-state index in [0.717, 1.165) is 19.5 Å². The molecule has 0 aromatic carbocycles. The number of amides is 2. The van der Waals surface area contributed by atoms with Gasteiger partial charge in [0, 0.05) is 19.6 Å². The highest BCUT2D eigenvalue weighted by molar-refractivity contribution is 5.76. The van der Waals surface area contributed by atoms with Gasteiger partial charge >= 0.3 is 12.0 Å². The number of carbonyl (C=O) groups excluding carboxylic acids is 1. The predicted octanol–water partition coefficient (Wildman–Crippen LogP) is 2.42. The second-order valence-corrected chi connectivity index (χ2v) is 6.59. The van der Waals surface area contributed by atoms with Crippen LogP contribution in [0.25, 0.3) is 0 Å². The molecule has 1 saturated heterocycles. The van der Waals surface area contributed by atoms with Gasteiger partial charge in [-0.15, -0.1) is 0 Å². The molecule has 0 bridgehead atoms. The van der Waals surface area contributed by atoms with Crippen molar-refractivity contribution in [2.45, 2.75) is 40.5 Å². The van der Waals surface area contributed by atoms with Gasteiger partial charge in [0.15, 0.2) is 0 Å². The minimum Gasteiger partial charge on any atom is -0.481 e. The van der Waals surface area contributed by atoms with Crippen LogP contribution in [0.4, 0.5) is 4.79 Å². The van der Waals surface area contributed by atoms with Crippen LogP contribution in [0.3, 0.4) is 0 Å². The van der Waals surface area contributed by atoms with Gasteiger partial charge in [0.25, 0.3) is 0 Å². The number of carboxylic acid groups (broad SMARTS) is 1. The fourth-order valence-corrected chi connectivity index (χ4v) is 2.68. The molecule has 20 heavy (non-hydrogen) atoms. The molecule has 0 spiro atoms. The topological polar surface area (TPSA) is 69.6 Å². The van der Waals surface area contributed by atoms with Gasteiger partial charge in [-0.25, -0.2) is 4.79 Å². The first-order valence-electron chi connectivity index (χ1n) is 7.56. The molecule has 5 heteroatoms. The molecule has 2 unspecified atom stereocenters. The maximum atomic E-state index is 12.0. The normalized spacial score (nSPS) is 20.5. The van der Waals surface area contributed by atoms with Crippen molar-refractivity contribution in [2.24, 2.45) is 23.7 Å². The van der Waals surface area contributed by atoms with Crippen molar-refractivity contribution < 1.29 is 14.7 Å². The molecule has 2 atom stereocenters. The van der Waals surface area contributed by atoms with Gasteiger partial charge in [0.05, 0.1) is 5.92 Å². The standard InChI is InChI=1S/C15H28N2O3/c1-10(2)7-13(14(18)19)8-16-15(20)17-6-5-12(9-17)11(3)4/h10-13H,5-9H2,1-4H3,(H,16,20)(H,18,19). The van der Waals surface area contributed by atoms with E-state index < -0.39 is 11.9 Å². The fraction of sp³-hybridized carbons (Fsp3) is 0.867. The van der Waals surface area contributed by atoms with Crippen molar-refractivity contribution in [3.8, 4) is 0 Å². The molecule has 116 valence electrons. The zero-order chi connectivity index (χ0) is 15.3. The first-order chi connectivity index (χ1) is 9.31. The summed E-state index contributed by atoms with van der Waals surface area (Å²) >= 11 is 0. The summed E-state index contributed by atoms with van der Waals surface area (Å²) in [6.45, 7) is 10.1. The Labute approximate surface area is 121 Å². The Kier molecular flexibility index (Phi) is 6.30. The first-order valence-corrected chi connectivity index (χ1v) is 7.56. The summed E-state index contributed by atoms with van der Waals surface area (Å²) in [4.78, 5) is 25.0. The van der Waals surface area contributed by atoms with E-state index in [1.165, 1.54) is 0 Å². The SMILES string of the molecule is CC(C)CC(CNC(=O)N1CCC(C(C)C)C1)C(=O)O. The Morgan fingerprint density at radius 2 is 1.95 bits per heavy atom. The fourth-order valence-electron chi connectivity index (χ4n) is 2.68. The van der Waals surface area contributed by atoms with Gasteiger partial charge in [-0.3, -0.25) is 4.79 Å². The molecule has 1 fully saturated rings. The number of carbonyl (C=O) groups is 2. The molecule has 5 nitrogen and oxygen atoms in total. The highest BCUT2D eigenvalue weighted by Crippen LogP contribution is 2.23. The number of likely N-dealkylation sites (tertiary alicyclic amines) is 1. The Morgan fingerprint density at radius 3 is 2.40 bits per heavy atom. The van der Waals surface area contributed by atoms with Crippen LogP contribution >= 0.6 is 0 Å². The summed E-state index contributed by atoms with van der Waals surface area (Å²) in [5.74, 6) is 0.125. The molecule has 1 heterocycles. The molecule has 2 N–H and O–H groups in total.